The molecule has 1 rings (SSSR count). The maximum atomic E-state index is 10.0. The molecule has 0 spiro atoms. The van der Waals surface area contributed by atoms with Gasteiger partial charge in [0.25, 0.3) is 0 Å². The Morgan fingerprint density at radius 1 is 0.947 bits per heavy atom. The van der Waals surface area contributed by atoms with E-state index < -0.39 is 0 Å². The Morgan fingerprint density at radius 2 is 1.58 bits per heavy atom. The normalized spacial score (nSPS) is 13.3. The molecule has 0 bridgehead atoms. The fourth-order valence-electron chi connectivity index (χ4n) is 2.42. The van der Waals surface area contributed by atoms with Gasteiger partial charge in [-0.3, -0.25) is 0 Å². The average Bonchev–Trinajstić information content (AvgIpc) is 2.44. The van der Waals surface area contributed by atoms with Crippen LogP contribution in [0.5, 0.6) is 0 Å². The maximum Gasteiger partial charge on any atom is 0.0724 e. The van der Waals surface area contributed by atoms with Gasteiger partial charge in [0.2, 0.25) is 0 Å². The van der Waals surface area contributed by atoms with Gasteiger partial charge in [-0.15, -0.1) is 0 Å². The molecular formula is C18H28O. The molecule has 0 unspecified atom stereocenters. The van der Waals surface area contributed by atoms with Gasteiger partial charge in [0.1, 0.15) is 0 Å². The average molecular weight is 260 g/mol. The van der Waals surface area contributed by atoms with Crippen molar-refractivity contribution in [3.05, 3.63) is 48.0 Å². The third kappa shape index (κ3) is 7.17. The van der Waals surface area contributed by atoms with Crippen molar-refractivity contribution in [2.24, 2.45) is 5.92 Å². The number of aliphatic hydroxyl groups is 1. The zero-order chi connectivity index (χ0) is 13.9. The van der Waals surface area contributed by atoms with E-state index in [0.29, 0.717) is 5.92 Å². The van der Waals surface area contributed by atoms with E-state index >= 15 is 0 Å². The third-order valence-corrected chi connectivity index (χ3v) is 3.50. The molecule has 0 amide bonds. The molecule has 1 aromatic carbocycles. The molecule has 0 aliphatic rings. The Bertz CT molecular complexity index is 336. The Morgan fingerprint density at radius 3 is 2.16 bits per heavy atom. The van der Waals surface area contributed by atoms with E-state index in [2.05, 4.69) is 44.2 Å². The topological polar surface area (TPSA) is 20.2 Å². The first-order valence-electron chi connectivity index (χ1n) is 7.66. The summed E-state index contributed by atoms with van der Waals surface area (Å²) in [4.78, 5) is 0. The van der Waals surface area contributed by atoms with Crippen LogP contribution >= 0.6 is 0 Å². The lowest BCUT2D eigenvalue weighted by Crippen LogP contribution is -2.05. The number of allylic oxidation sites excluding steroid dienone is 1. The van der Waals surface area contributed by atoms with Crippen LogP contribution in [0.25, 0.3) is 0 Å². The number of hydrogen-bond donors (Lipinski definition) is 1. The summed E-state index contributed by atoms with van der Waals surface area (Å²) in [7, 11) is 0. The van der Waals surface area contributed by atoms with Crippen molar-refractivity contribution in [1.29, 1.82) is 0 Å². The van der Waals surface area contributed by atoms with Crippen LogP contribution in [0.15, 0.2) is 42.5 Å². The number of hydrogen-bond acceptors (Lipinski definition) is 1. The second-order valence-corrected chi connectivity index (χ2v) is 5.31. The molecule has 0 saturated heterocycles. The smallest absolute Gasteiger partial charge is 0.0724 e. The van der Waals surface area contributed by atoms with Gasteiger partial charge < -0.3 is 5.11 Å². The minimum absolute atomic E-state index is 0.309. The SMILES string of the molecule is CCCC(/C=C/[C@@H](O)CCc1ccccc1)CCC. The molecule has 1 atom stereocenters. The molecule has 0 saturated carbocycles. The molecule has 0 aliphatic carbocycles. The molecule has 1 aromatic rings. The van der Waals surface area contributed by atoms with Gasteiger partial charge >= 0.3 is 0 Å². The summed E-state index contributed by atoms with van der Waals surface area (Å²) in [5.41, 5.74) is 1.30. The second kappa shape index (κ2) is 9.80. The van der Waals surface area contributed by atoms with E-state index in [1.54, 1.807) is 0 Å². The zero-order valence-corrected chi connectivity index (χ0v) is 12.4. The van der Waals surface area contributed by atoms with E-state index in [1.807, 2.05) is 12.1 Å². The molecule has 1 N–H and O–H groups in total. The van der Waals surface area contributed by atoms with Gasteiger partial charge in [0.05, 0.1) is 6.10 Å². The minimum atomic E-state index is -0.309. The number of aliphatic hydroxyl groups excluding tert-OH is 1. The van der Waals surface area contributed by atoms with Gasteiger partial charge in [0, 0.05) is 0 Å². The van der Waals surface area contributed by atoms with Crippen LogP contribution in [0, 0.1) is 5.92 Å². The molecule has 1 nitrogen and oxygen atoms in total. The molecule has 0 radical (unpaired) electrons. The number of benzene rings is 1. The van der Waals surface area contributed by atoms with Crippen LogP contribution in [0.4, 0.5) is 0 Å². The van der Waals surface area contributed by atoms with E-state index in [1.165, 1.54) is 31.2 Å². The summed E-state index contributed by atoms with van der Waals surface area (Å²) < 4.78 is 0. The third-order valence-electron chi connectivity index (χ3n) is 3.50. The lowest BCUT2D eigenvalue weighted by Gasteiger charge is -2.11. The predicted molar refractivity (Wildman–Crippen MR) is 83.2 cm³/mol. The van der Waals surface area contributed by atoms with Crippen molar-refractivity contribution < 1.29 is 5.11 Å². The fraction of sp³-hybridized carbons (Fsp3) is 0.556. The highest BCUT2D eigenvalue weighted by Crippen LogP contribution is 2.16. The molecule has 0 aliphatic heterocycles. The Balaban J connectivity index is 2.34. The summed E-state index contributed by atoms with van der Waals surface area (Å²) in [5, 5.41) is 10.0. The summed E-state index contributed by atoms with van der Waals surface area (Å²) in [6.07, 6.45) is 10.6. The fourth-order valence-corrected chi connectivity index (χ4v) is 2.42. The highest BCUT2D eigenvalue weighted by atomic mass is 16.3. The van der Waals surface area contributed by atoms with E-state index in [-0.39, 0.29) is 6.10 Å². The van der Waals surface area contributed by atoms with Gasteiger partial charge in [0.15, 0.2) is 0 Å². The molecule has 106 valence electrons. The first-order chi connectivity index (χ1) is 9.26. The summed E-state index contributed by atoms with van der Waals surface area (Å²) in [6, 6.07) is 10.4. The minimum Gasteiger partial charge on any atom is -0.389 e. The van der Waals surface area contributed by atoms with Gasteiger partial charge in [-0.25, -0.2) is 0 Å². The van der Waals surface area contributed by atoms with Crippen molar-refractivity contribution in [2.45, 2.75) is 58.5 Å². The highest BCUT2D eigenvalue weighted by Gasteiger charge is 2.04. The quantitative estimate of drug-likeness (QED) is 0.635. The lowest BCUT2D eigenvalue weighted by atomic mass is 9.96. The highest BCUT2D eigenvalue weighted by molar-refractivity contribution is 5.15. The Labute approximate surface area is 118 Å². The first kappa shape index (κ1) is 16.0. The van der Waals surface area contributed by atoms with Gasteiger partial charge in [-0.2, -0.15) is 0 Å². The number of rotatable bonds is 9. The molecule has 0 fully saturated rings. The van der Waals surface area contributed by atoms with Crippen molar-refractivity contribution in [3.63, 3.8) is 0 Å². The van der Waals surface area contributed by atoms with E-state index in [0.717, 1.165) is 12.8 Å². The summed E-state index contributed by atoms with van der Waals surface area (Å²) in [6.45, 7) is 4.45. The van der Waals surface area contributed by atoms with Crippen LogP contribution in [0.1, 0.15) is 51.5 Å². The van der Waals surface area contributed by atoms with Gasteiger partial charge in [-0.1, -0.05) is 69.2 Å². The van der Waals surface area contributed by atoms with Crippen LogP contribution in [0.3, 0.4) is 0 Å². The first-order valence-corrected chi connectivity index (χ1v) is 7.66. The van der Waals surface area contributed by atoms with E-state index in [9.17, 15) is 5.11 Å². The summed E-state index contributed by atoms with van der Waals surface area (Å²) in [5.74, 6) is 0.640. The molecule has 19 heavy (non-hydrogen) atoms. The Hall–Kier alpha value is -1.08. The maximum absolute atomic E-state index is 10.0. The standard InChI is InChI=1S/C18H28O/c1-3-8-16(9-4-2)12-14-18(19)15-13-17-10-6-5-7-11-17/h5-7,10-12,14,16,18-19H,3-4,8-9,13,15H2,1-2H3/b14-12+/t18-/m1/s1. The predicted octanol–water partition coefficient (Wildman–Crippen LogP) is 4.75. The largest absolute Gasteiger partial charge is 0.389 e. The molecular weight excluding hydrogens is 232 g/mol. The van der Waals surface area contributed by atoms with Crippen molar-refractivity contribution in [3.8, 4) is 0 Å². The number of aryl methyl sites for hydroxylation is 1. The van der Waals surface area contributed by atoms with E-state index in [4.69, 9.17) is 0 Å². The monoisotopic (exact) mass is 260 g/mol. The van der Waals surface area contributed by atoms with Crippen molar-refractivity contribution in [2.75, 3.05) is 0 Å². The van der Waals surface area contributed by atoms with Crippen molar-refractivity contribution >= 4 is 0 Å². The van der Waals surface area contributed by atoms with Crippen LogP contribution in [-0.2, 0) is 6.42 Å². The molecule has 1 heteroatoms. The van der Waals surface area contributed by atoms with Crippen LogP contribution in [0.2, 0.25) is 0 Å². The van der Waals surface area contributed by atoms with Gasteiger partial charge in [-0.05, 0) is 37.2 Å². The van der Waals surface area contributed by atoms with Crippen molar-refractivity contribution in [1.82, 2.24) is 0 Å². The molecule has 0 aromatic heterocycles. The Kier molecular flexibility index (Phi) is 8.24. The van der Waals surface area contributed by atoms with Crippen LogP contribution < -0.4 is 0 Å². The van der Waals surface area contributed by atoms with Crippen LogP contribution in [-0.4, -0.2) is 11.2 Å². The summed E-state index contributed by atoms with van der Waals surface area (Å²) >= 11 is 0. The zero-order valence-electron chi connectivity index (χ0n) is 12.4. The second-order valence-electron chi connectivity index (χ2n) is 5.31. The molecule has 0 heterocycles. The lowest BCUT2D eigenvalue weighted by molar-refractivity contribution is 0.212.